The van der Waals surface area contributed by atoms with Gasteiger partial charge in [0.15, 0.2) is 5.96 Å². The molecule has 0 amide bonds. The molecule has 0 radical (unpaired) electrons. The van der Waals surface area contributed by atoms with Crippen LogP contribution < -0.4 is 10.1 Å². The number of hydrogen-bond acceptors (Lipinski definition) is 5. The molecule has 0 aromatic heterocycles. The second-order valence-corrected chi connectivity index (χ2v) is 8.40. The van der Waals surface area contributed by atoms with Crippen LogP contribution in [-0.2, 0) is 9.47 Å². The molecule has 2 unspecified atom stereocenters. The van der Waals surface area contributed by atoms with Crippen LogP contribution in [-0.4, -0.2) is 89.1 Å². The third kappa shape index (κ3) is 7.09. The van der Waals surface area contributed by atoms with E-state index >= 15 is 0 Å². The van der Waals surface area contributed by atoms with Gasteiger partial charge in [-0.2, -0.15) is 0 Å². The van der Waals surface area contributed by atoms with Crippen LogP contribution in [0.4, 0.5) is 0 Å². The summed E-state index contributed by atoms with van der Waals surface area (Å²) in [5.41, 5.74) is 1.31. The van der Waals surface area contributed by atoms with Crippen LogP contribution in [0, 0.1) is 5.92 Å². The van der Waals surface area contributed by atoms with Crippen LogP contribution >= 0.6 is 0 Å². The van der Waals surface area contributed by atoms with Crippen molar-refractivity contribution in [2.45, 2.75) is 32.2 Å². The van der Waals surface area contributed by atoms with Crippen LogP contribution in [0.1, 0.15) is 37.8 Å². The first-order valence-corrected chi connectivity index (χ1v) is 11.7. The monoisotopic (exact) mass is 432 g/mol. The molecule has 2 atom stereocenters. The molecule has 31 heavy (non-hydrogen) atoms. The van der Waals surface area contributed by atoms with Crippen molar-refractivity contribution in [2.75, 3.05) is 73.3 Å². The summed E-state index contributed by atoms with van der Waals surface area (Å²) in [6.07, 6.45) is 3.69. The first-order valence-electron chi connectivity index (χ1n) is 11.7. The Morgan fingerprint density at radius 3 is 2.58 bits per heavy atom. The maximum absolute atomic E-state index is 5.76. The lowest BCUT2D eigenvalue weighted by Gasteiger charge is -2.28. The number of benzene rings is 1. The molecular weight excluding hydrogens is 392 g/mol. The molecule has 7 heteroatoms. The largest absolute Gasteiger partial charge is 0.497 e. The Bertz CT molecular complexity index is 661. The molecule has 174 valence electrons. The number of nitrogens with zero attached hydrogens (tertiary/aromatic N) is 3. The Balaban J connectivity index is 1.64. The predicted octanol–water partition coefficient (Wildman–Crippen LogP) is 2.78. The third-order valence-electron chi connectivity index (χ3n) is 6.20. The van der Waals surface area contributed by atoms with E-state index in [1.54, 1.807) is 14.2 Å². The molecule has 2 saturated heterocycles. The summed E-state index contributed by atoms with van der Waals surface area (Å²) >= 11 is 0. The number of guanidine groups is 1. The molecule has 3 rings (SSSR count). The minimum atomic E-state index is 0.304. The molecule has 0 bridgehead atoms. The summed E-state index contributed by atoms with van der Waals surface area (Å²) in [7, 11) is 3.42. The van der Waals surface area contributed by atoms with Crippen molar-refractivity contribution in [3.63, 3.8) is 0 Å². The van der Waals surface area contributed by atoms with E-state index in [2.05, 4.69) is 46.3 Å². The zero-order valence-electron chi connectivity index (χ0n) is 19.5. The fourth-order valence-corrected chi connectivity index (χ4v) is 4.46. The Hall–Kier alpha value is -1.83. The van der Waals surface area contributed by atoms with Crippen molar-refractivity contribution in [3.8, 4) is 5.75 Å². The highest BCUT2D eigenvalue weighted by Crippen LogP contribution is 2.27. The Labute approximate surface area is 187 Å². The first-order chi connectivity index (χ1) is 15.2. The summed E-state index contributed by atoms with van der Waals surface area (Å²) < 4.78 is 16.2. The standard InChI is InChI=1S/C24H40N4O3/c1-4-25-24(28-14-11-20(18-28)19-31-16-15-29-2)26-17-23(27-12-5-6-13-27)21-7-9-22(30-3)10-8-21/h7-10,20,23H,4-6,11-19H2,1-3H3,(H,25,26). The van der Waals surface area contributed by atoms with Gasteiger partial charge in [0.1, 0.15) is 5.75 Å². The number of likely N-dealkylation sites (tertiary alicyclic amines) is 2. The van der Waals surface area contributed by atoms with Crippen molar-refractivity contribution >= 4 is 5.96 Å². The second-order valence-electron chi connectivity index (χ2n) is 8.40. The quantitative estimate of drug-likeness (QED) is 0.330. The lowest BCUT2D eigenvalue weighted by molar-refractivity contribution is 0.0536. The normalized spacial score (nSPS) is 20.9. The van der Waals surface area contributed by atoms with Gasteiger partial charge in [-0.25, -0.2) is 0 Å². The molecule has 0 spiro atoms. The zero-order valence-corrected chi connectivity index (χ0v) is 19.5. The topological polar surface area (TPSA) is 58.6 Å². The third-order valence-corrected chi connectivity index (χ3v) is 6.20. The predicted molar refractivity (Wildman–Crippen MR) is 125 cm³/mol. The lowest BCUT2D eigenvalue weighted by Crippen LogP contribution is -2.41. The van der Waals surface area contributed by atoms with Crippen molar-refractivity contribution in [1.82, 2.24) is 15.1 Å². The van der Waals surface area contributed by atoms with Crippen LogP contribution in [0.25, 0.3) is 0 Å². The van der Waals surface area contributed by atoms with Gasteiger partial charge in [0.2, 0.25) is 0 Å². The smallest absolute Gasteiger partial charge is 0.193 e. The van der Waals surface area contributed by atoms with Crippen LogP contribution in [0.2, 0.25) is 0 Å². The molecule has 2 fully saturated rings. The average Bonchev–Trinajstić information content (AvgIpc) is 3.49. The summed E-state index contributed by atoms with van der Waals surface area (Å²) in [5.74, 6) is 2.48. The van der Waals surface area contributed by atoms with E-state index in [0.717, 1.165) is 64.0 Å². The molecule has 7 nitrogen and oxygen atoms in total. The highest BCUT2D eigenvalue weighted by Gasteiger charge is 2.27. The maximum atomic E-state index is 5.76. The number of rotatable bonds is 11. The highest BCUT2D eigenvalue weighted by molar-refractivity contribution is 5.80. The van der Waals surface area contributed by atoms with Crippen molar-refractivity contribution in [3.05, 3.63) is 29.8 Å². The number of methoxy groups -OCH3 is 2. The summed E-state index contributed by atoms with van der Waals surface area (Å²) in [6, 6.07) is 8.79. The molecule has 0 saturated carbocycles. The van der Waals surface area contributed by atoms with E-state index in [9.17, 15) is 0 Å². The van der Waals surface area contributed by atoms with E-state index in [4.69, 9.17) is 19.2 Å². The second kappa shape index (κ2) is 12.9. The van der Waals surface area contributed by atoms with Gasteiger partial charge in [0, 0.05) is 32.7 Å². The molecule has 1 N–H and O–H groups in total. The molecule has 2 aliphatic rings. The van der Waals surface area contributed by atoms with Gasteiger partial charge in [0.05, 0.1) is 39.5 Å². The fraction of sp³-hybridized carbons (Fsp3) is 0.708. The number of hydrogen-bond donors (Lipinski definition) is 1. The van der Waals surface area contributed by atoms with Crippen molar-refractivity contribution < 1.29 is 14.2 Å². The van der Waals surface area contributed by atoms with Crippen LogP contribution in [0.5, 0.6) is 5.75 Å². The molecule has 0 aliphatic carbocycles. The van der Waals surface area contributed by atoms with Gasteiger partial charge in [-0.15, -0.1) is 0 Å². The summed E-state index contributed by atoms with van der Waals surface area (Å²) in [5, 5.41) is 3.51. The summed E-state index contributed by atoms with van der Waals surface area (Å²) in [6.45, 7) is 10.2. The Morgan fingerprint density at radius 2 is 1.90 bits per heavy atom. The molecule has 1 aromatic rings. The zero-order chi connectivity index (χ0) is 21.9. The average molecular weight is 433 g/mol. The van der Waals surface area contributed by atoms with Crippen molar-refractivity contribution in [2.24, 2.45) is 10.9 Å². The fourth-order valence-electron chi connectivity index (χ4n) is 4.46. The van der Waals surface area contributed by atoms with E-state index < -0.39 is 0 Å². The highest BCUT2D eigenvalue weighted by atomic mass is 16.5. The van der Waals surface area contributed by atoms with Crippen LogP contribution in [0.3, 0.4) is 0 Å². The van der Waals surface area contributed by atoms with Crippen molar-refractivity contribution in [1.29, 1.82) is 0 Å². The van der Waals surface area contributed by atoms with Gasteiger partial charge in [-0.3, -0.25) is 9.89 Å². The van der Waals surface area contributed by atoms with Gasteiger partial charge in [0.25, 0.3) is 0 Å². The number of ether oxygens (including phenoxy) is 3. The lowest BCUT2D eigenvalue weighted by atomic mass is 10.1. The summed E-state index contributed by atoms with van der Waals surface area (Å²) in [4.78, 5) is 10.1. The molecule has 2 heterocycles. The molecule has 1 aromatic carbocycles. The van der Waals surface area contributed by atoms with Gasteiger partial charge in [-0.05, 0) is 57.0 Å². The maximum Gasteiger partial charge on any atom is 0.193 e. The van der Waals surface area contributed by atoms with Crippen LogP contribution in [0.15, 0.2) is 29.3 Å². The van der Waals surface area contributed by atoms with E-state index in [1.807, 2.05) is 0 Å². The van der Waals surface area contributed by atoms with E-state index in [1.165, 1.54) is 18.4 Å². The Morgan fingerprint density at radius 1 is 1.13 bits per heavy atom. The van der Waals surface area contributed by atoms with Gasteiger partial charge < -0.3 is 24.4 Å². The SMILES string of the molecule is CCNC(=NCC(c1ccc(OC)cc1)N1CCCC1)N1CCC(COCCOC)C1. The van der Waals surface area contributed by atoms with E-state index in [-0.39, 0.29) is 0 Å². The molecule has 2 aliphatic heterocycles. The van der Waals surface area contributed by atoms with Gasteiger partial charge >= 0.3 is 0 Å². The Kier molecular flexibility index (Phi) is 9.90. The first kappa shape index (κ1) is 23.8. The minimum Gasteiger partial charge on any atom is -0.497 e. The number of aliphatic imine (C=N–C) groups is 1. The minimum absolute atomic E-state index is 0.304. The van der Waals surface area contributed by atoms with E-state index in [0.29, 0.717) is 25.2 Å². The molecular formula is C24H40N4O3. The number of nitrogens with one attached hydrogen (secondary N) is 1. The van der Waals surface area contributed by atoms with Gasteiger partial charge in [-0.1, -0.05) is 12.1 Å².